The quantitative estimate of drug-likeness (QED) is 0.509. The monoisotopic (exact) mass is 416 g/mol. The molecule has 0 heterocycles. The van der Waals surface area contributed by atoms with Gasteiger partial charge in [0.25, 0.3) is 0 Å². The van der Waals surface area contributed by atoms with Gasteiger partial charge >= 0.3 is 23.9 Å². The standard InChI is InChI=1S/C14H10O4.C8H14O4/c15-13(11-7-3-1-4-8-11)17-18-14(16)12-9-5-2-6-10-12;1-3-5-7(9)11-12-8(10)6-4-2/h1-10H;3-6H2,1-2H3. The highest BCUT2D eigenvalue weighted by molar-refractivity contribution is 5.92. The molecule has 0 N–H and O–H groups in total. The zero-order valence-electron chi connectivity index (χ0n) is 16.9. The van der Waals surface area contributed by atoms with Crippen LogP contribution in [0.4, 0.5) is 0 Å². The Morgan fingerprint density at radius 1 is 0.567 bits per heavy atom. The van der Waals surface area contributed by atoms with E-state index in [1.165, 1.54) is 0 Å². The molecule has 0 amide bonds. The number of hydrogen-bond donors (Lipinski definition) is 0. The van der Waals surface area contributed by atoms with Gasteiger partial charge in [0.2, 0.25) is 0 Å². The first-order chi connectivity index (χ1) is 14.5. The van der Waals surface area contributed by atoms with E-state index in [1.54, 1.807) is 60.7 Å². The maximum Gasteiger partial charge on any atom is 0.386 e. The van der Waals surface area contributed by atoms with Gasteiger partial charge in [-0.15, -0.1) is 0 Å². The summed E-state index contributed by atoms with van der Waals surface area (Å²) in [7, 11) is 0. The Balaban J connectivity index is 0.000000329. The van der Waals surface area contributed by atoms with Crippen molar-refractivity contribution in [3.05, 3.63) is 71.8 Å². The third-order valence-electron chi connectivity index (χ3n) is 3.35. The summed E-state index contributed by atoms with van der Waals surface area (Å²) < 4.78 is 0. The number of carbonyl (C=O) groups excluding carboxylic acids is 4. The maximum absolute atomic E-state index is 11.5. The first-order valence-corrected chi connectivity index (χ1v) is 9.41. The number of benzene rings is 2. The van der Waals surface area contributed by atoms with Crippen LogP contribution in [0.15, 0.2) is 60.7 Å². The van der Waals surface area contributed by atoms with Crippen LogP contribution in [0.2, 0.25) is 0 Å². The van der Waals surface area contributed by atoms with Crippen LogP contribution >= 0.6 is 0 Å². The molecule has 0 atom stereocenters. The smallest absolute Gasteiger partial charge is 0.247 e. The van der Waals surface area contributed by atoms with Crippen LogP contribution in [-0.4, -0.2) is 23.9 Å². The van der Waals surface area contributed by atoms with Crippen molar-refractivity contribution >= 4 is 23.9 Å². The van der Waals surface area contributed by atoms with Crippen LogP contribution in [0.25, 0.3) is 0 Å². The SMILES string of the molecule is CCCC(=O)OOC(=O)CCC.O=C(OOC(=O)c1ccccc1)c1ccccc1. The van der Waals surface area contributed by atoms with Gasteiger partial charge < -0.3 is 0 Å². The molecular weight excluding hydrogens is 392 g/mol. The van der Waals surface area contributed by atoms with E-state index in [4.69, 9.17) is 0 Å². The summed E-state index contributed by atoms with van der Waals surface area (Å²) >= 11 is 0. The summed E-state index contributed by atoms with van der Waals surface area (Å²) in [6.45, 7) is 3.68. The van der Waals surface area contributed by atoms with Gasteiger partial charge in [-0.05, 0) is 37.1 Å². The van der Waals surface area contributed by atoms with E-state index in [0.717, 1.165) is 0 Å². The molecule has 2 rings (SSSR count). The van der Waals surface area contributed by atoms with Gasteiger partial charge in [0.15, 0.2) is 0 Å². The van der Waals surface area contributed by atoms with Crippen molar-refractivity contribution < 1.29 is 38.7 Å². The molecule has 2 aromatic carbocycles. The Hall–Kier alpha value is -3.68. The van der Waals surface area contributed by atoms with Crippen molar-refractivity contribution in [3.8, 4) is 0 Å². The largest absolute Gasteiger partial charge is 0.386 e. The van der Waals surface area contributed by atoms with Crippen molar-refractivity contribution in [3.63, 3.8) is 0 Å². The Kier molecular flexibility index (Phi) is 11.6. The second kappa shape index (κ2) is 14.3. The molecule has 0 aliphatic heterocycles. The number of hydrogen-bond acceptors (Lipinski definition) is 8. The molecular formula is C22H24O8. The summed E-state index contributed by atoms with van der Waals surface area (Å²) in [6, 6.07) is 16.6. The van der Waals surface area contributed by atoms with Crippen molar-refractivity contribution in [2.45, 2.75) is 39.5 Å². The van der Waals surface area contributed by atoms with Crippen LogP contribution in [0.3, 0.4) is 0 Å². The lowest BCUT2D eigenvalue weighted by Gasteiger charge is -2.02. The van der Waals surface area contributed by atoms with Crippen LogP contribution in [-0.2, 0) is 29.1 Å². The highest BCUT2D eigenvalue weighted by Crippen LogP contribution is 2.05. The maximum atomic E-state index is 11.5. The second-order valence-electron chi connectivity index (χ2n) is 5.88. The molecule has 160 valence electrons. The molecule has 2 aromatic rings. The predicted octanol–water partition coefficient (Wildman–Crippen LogP) is 4.20. The lowest BCUT2D eigenvalue weighted by molar-refractivity contribution is -0.259. The van der Waals surface area contributed by atoms with Crippen LogP contribution in [0.5, 0.6) is 0 Å². The van der Waals surface area contributed by atoms with Gasteiger partial charge in [-0.3, -0.25) is 0 Å². The first-order valence-electron chi connectivity index (χ1n) is 9.41. The van der Waals surface area contributed by atoms with Gasteiger partial charge in [-0.2, -0.15) is 0 Å². The molecule has 8 heteroatoms. The Morgan fingerprint density at radius 2 is 0.900 bits per heavy atom. The molecule has 0 fully saturated rings. The van der Waals surface area contributed by atoms with Gasteiger partial charge in [0.1, 0.15) is 0 Å². The Morgan fingerprint density at radius 3 is 1.20 bits per heavy atom. The van der Waals surface area contributed by atoms with E-state index >= 15 is 0 Å². The molecule has 30 heavy (non-hydrogen) atoms. The Bertz CT molecular complexity index is 733. The van der Waals surface area contributed by atoms with E-state index in [9.17, 15) is 19.2 Å². The molecule has 0 unspecified atom stereocenters. The summed E-state index contributed by atoms with van der Waals surface area (Å²) in [6.07, 6.45) is 1.92. The molecule has 0 aliphatic carbocycles. The molecule has 0 bridgehead atoms. The van der Waals surface area contributed by atoms with Crippen molar-refractivity contribution in [2.75, 3.05) is 0 Å². The van der Waals surface area contributed by atoms with Gasteiger partial charge in [-0.25, -0.2) is 38.7 Å². The fourth-order valence-corrected chi connectivity index (χ4v) is 1.90. The predicted molar refractivity (Wildman–Crippen MR) is 106 cm³/mol. The zero-order chi connectivity index (χ0) is 22.2. The minimum atomic E-state index is -0.708. The molecule has 0 spiro atoms. The van der Waals surface area contributed by atoms with Gasteiger partial charge in [0.05, 0.1) is 11.1 Å². The molecule has 0 radical (unpaired) electrons. The van der Waals surface area contributed by atoms with Crippen LogP contribution in [0, 0.1) is 0 Å². The van der Waals surface area contributed by atoms with Crippen molar-refractivity contribution in [1.82, 2.24) is 0 Å². The summed E-state index contributed by atoms with van der Waals surface area (Å²) in [5.41, 5.74) is 0.636. The molecule has 0 saturated carbocycles. The third kappa shape index (κ3) is 10.0. The van der Waals surface area contributed by atoms with Crippen LogP contribution < -0.4 is 0 Å². The minimum Gasteiger partial charge on any atom is -0.247 e. The van der Waals surface area contributed by atoms with E-state index < -0.39 is 23.9 Å². The summed E-state index contributed by atoms with van der Waals surface area (Å²) in [4.78, 5) is 61.6. The van der Waals surface area contributed by atoms with Gasteiger partial charge in [0, 0.05) is 12.8 Å². The van der Waals surface area contributed by atoms with Crippen molar-refractivity contribution in [2.24, 2.45) is 0 Å². The molecule has 0 aromatic heterocycles. The van der Waals surface area contributed by atoms with Crippen LogP contribution in [0.1, 0.15) is 60.2 Å². The average Bonchev–Trinajstić information content (AvgIpc) is 2.78. The Labute approximate surface area is 174 Å². The van der Waals surface area contributed by atoms with Crippen molar-refractivity contribution in [1.29, 1.82) is 0 Å². The lowest BCUT2D eigenvalue weighted by Crippen LogP contribution is -2.11. The van der Waals surface area contributed by atoms with E-state index in [2.05, 4.69) is 19.6 Å². The zero-order valence-corrected chi connectivity index (χ0v) is 16.9. The summed E-state index contributed by atoms with van der Waals surface area (Å²) in [5, 5.41) is 0. The topological polar surface area (TPSA) is 105 Å². The summed E-state index contributed by atoms with van der Waals surface area (Å²) in [5.74, 6) is -2.41. The molecule has 8 nitrogen and oxygen atoms in total. The first kappa shape index (κ1) is 24.4. The fraction of sp³-hybridized carbons (Fsp3) is 0.273. The normalized spacial score (nSPS) is 9.40. The van der Waals surface area contributed by atoms with E-state index in [0.29, 0.717) is 24.0 Å². The molecule has 0 aliphatic rings. The third-order valence-corrected chi connectivity index (χ3v) is 3.35. The lowest BCUT2D eigenvalue weighted by atomic mass is 10.2. The minimum absolute atomic E-state index is 0.277. The van der Waals surface area contributed by atoms with Gasteiger partial charge in [-0.1, -0.05) is 50.2 Å². The fourth-order valence-electron chi connectivity index (χ4n) is 1.90. The van der Waals surface area contributed by atoms with E-state index in [-0.39, 0.29) is 12.8 Å². The average molecular weight is 416 g/mol. The number of carbonyl (C=O) groups is 4. The number of rotatable bonds is 6. The second-order valence-corrected chi connectivity index (χ2v) is 5.88. The van der Waals surface area contributed by atoms with E-state index in [1.807, 2.05) is 13.8 Å². The highest BCUT2D eigenvalue weighted by atomic mass is 17.2. The molecule has 0 saturated heterocycles. The highest BCUT2D eigenvalue weighted by Gasteiger charge is 2.13.